The van der Waals surface area contributed by atoms with Crippen LogP contribution in [0.2, 0.25) is 0 Å². The van der Waals surface area contributed by atoms with Crippen LogP contribution in [0.25, 0.3) is 0 Å². The number of halogens is 3. The summed E-state index contributed by atoms with van der Waals surface area (Å²) in [6.07, 6.45) is 3.82. The van der Waals surface area contributed by atoms with E-state index in [9.17, 15) is 18.0 Å². The third kappa shape index (κ3) is 6.21. The first-order valence-electron chi connectivity index (χ1n) is 13.7. The van der Waals surface area contributed by atoms with Gasteiger partial charge in [0.25, 0.3) is 0 Å². The van der Waals surface area contributed by atoms with Crippen LogP contribution in [0.1, 0.15) is 56.4 Å². The Hall–Kier alpha value is -3.28. The zero-order valence-electron chi connectivity index (χ0n) is 23.1. The van der Waals surface area contributed by atoms with Gasteiger partial charge in [-0.05, 0) is 51.5 Å². The van der Waals surface area contributed by atoms with E-state index in [1.54, 1.807) is 0 Å². The van der Waals surface area contributed by atoms with Crippen molar-refractivity contribution < 1.29 is 27.4 Å². The number of fused-ring (bicyclic) bond motifs is 1. The van der Waals surface area contributed by atoms with Crippen molar-refractivity contribution in [1.82, 2.24) is 19.9 Å². The molecule has 2 aromatic heterocycles. The normalized spacial score (nSPS) is 22.9. The number of aromatic nitrogens is 3. The molecule has 5 heterocycles. The van der Waals surface area contributed by atoms with Crippen molar-refractivity contribution in [3.63, 3.8) is 0 Å². The van der Waals surface area contributed by atoms with E-state index in [0.717, 1.165) is 43.1 Å². The lowest BCUT2D eigenvalue weighted by Crippen LogP contribution is -2.42. The fourth-order valence-corrected chi connectivity index (χ4v) is 5.85. The van der Waals surface area contributed by atoms with Gasteiger partial charge >= 0.3 is 6.18 Å². The third-order valence-corrected chi connectivity index (χ3v) is 7.98. The number of alkyl halides is 3. The Labute approximate surface area is 231 Å². The number of likely N-dealkylation sites (tertiary alicyclic amines) is 1. The van der Waals surface area contributed by atoms with Gasteiger partial charge in [-0.2, -0.15) is 13.2 Å². The second kappa shape index (κ2) is 11.3. The zero-order chi connectivity index (χ0) is 28.5. The quantitative estimate of drug-likeness (QED) is 0.477. The molecule has 1 amide bonds. The maximum Gasteiger partial charge on any atom is 0.421 e. The van der Waals surface area contributed by atoms with Gasteiger partial charge in [-0.3, -0.25) is 4.79 Å². The number of pyridine rings is 1. The molecule has 0 N–H and O–H groups in total. The topological polar surface area (TPSA) is 93.0 Å². The first-order chi connectivity index (χ1) is 19.0. The van der Waals surface area contributed by atoms with Gasteiger partial charge in [-0.25, -0.2) is 19.9 Å². The molecule has 216 valence electrons. The number of hydrogen-bond donors (Lipinski definition) is 0. The Balaban J connectivity index is 1.23. The smallest absolute Gasteiger partial charge is 0.421 e. The van der Waals surface area contributed by atoms with Gasteiger partial charge in [0.05, 0.1) is 30.3 Å². The molecule has 0 aromatic carbocycles. The van der Waals surface area contributed by atoms with E-state index in [1.165, 1.54) is 19.6 Å². The summed E-state index contributed by atoms with van der Waals surface area (Å²) in [6.45, 7) is 6.97. The number of nitrogens with zero attached hydrogens (tertiary/aromatic N) is 6. The molecule has 2 aromatic rings. The summed E-state index contributed by atoms with van der Waals surface area (Å²) >= 11 is 0. The van der Waals surface area contributed by atoms with Crippen LogP contribution in [0, 0.1) is 11.8 Å². The molecule has 40 heavy (non-hydrogen) atoms. The van der Waals surface area contributed by atoms with E-state index in [4.69, 9.17) is 9.47 Å². The van der Waals surface area contributed by atoms with Crippen LogP contribution in [0.15, 0.2) is 23.6 Å². The highest BCUT2D eigenvalue weighted by atomic mass is 19.4. The maximum absolute atomic E-state index is 13.5. The summed E-state index contributed by atoms with van der Waals surface area (Å²) in [7, 11) is 1.17. The number of carbonyl (C=O) groups excluding carboxylic acids is 1. The molecule has 2 saturated heterocycles. The molecule has 12 heteroatoms. The Bertz CT molecular complexity index is 1270. The Kier molecular flexibility index (Phi) is 7.98. The van der Waals surface area contributed by atoms with Crippen molar-refractivity contribution >= 4 is 23.6 Å². The predicted octanol–water partition coefficient (Wildman–Crippen LogP) is 4.61. The van der Waals surface area contributed by atoms with Crippen LogP contribution in [-0.4, -0.2) is 70.9 Å². The molecule has 3 aliphatic rings. The number of anilines is 1. The Morgan fingerprint density at radius 2 is 2.08 bits per heavy atom. The minimum atomic E-state index is -4.58. The molecule has 9 nitrogen and oxygen atoms in total. The van der Waals surface area contributed by atoms with E-state index >= 15 is 0 Å². The Morgan fingerprint density at radius 1 is 1.25 bits per heavy atom. The molecule has 0 radical (unpaired) electrons. The number of carbonyl (C=O) groups is 1. The van der Waals surface area contributed by atoms with E-state index in [2.05, 4.69) is 19.9 Å². The van der Waals surface area contributed by atoms with Gasteiger partial charge in [0.2, 0.25) is 11.8 Å². The fourth-order valence-electron chi connectivity index (χ4n) is 5.85. The SMILES string of the molecule is COc1ncc(N2CCc3ncnc(N=CCC4CCN(C(=O)C5CCOC(C)(C)C5)C4)c3C2)cc1C(F)(F)F. The van der Waals surface area contributed by atoms with Crippen LogP contribution in [0.5, 0.6) is 5.88 Å². The lowest BCUT2D eigenvalue weighted by molar-refractivity contribution is -0.144. The maximum atomic E-state index is 13.5. The number of methoxy groups -OCH3 is 1. The summed E-state index contributed by atoms with van der Waals surface area (Å²) < 4.78 is 51.2. The van der Waals surface area contributed by atoms with Gasteiger partial charge < -0.3 is 19.3 Å². The van der Waals surface area contributed by atoms with Crippen molar-refractivity contribution in [2.75, 3.05) is 38.3 Å². The average Bonchev–Trinajstić information content (AvgIpc) is 3.40. The summed E-state index contributed by atoms with van der Waals surface area (Å²) in [4.78, 5) is 34.2. The highest BCUT2D eigenvalue weighted by molar-refractivity contribution is 5.79. The van der Waals surface area contributed by atoms with Crippen molar-refractivity contribution in [3.05, 3.63) is 35.4 Å². The van der Waals surface area contributed by atoms with Crippen LogP contribution >= 0.6 is 0 Å². The Morgan fingerprint density at radius 3 is 2.83 bits per heavy atom. The van der Waals surface area contributed by atoms with Crippen molar-refractivity contribution in [2.24, 2.45) is 16.8 Å². The summed E-state index contributed by atoms with van der Waals surface area (Å²) in [5, 5.41) is 0. The summed E-state index contributed by atoms with van der Waals surface area (Å²) in [6, 6.07) is 1.07. The van der Waals surface area contributed by atoms with Crippen molar-refractivity contribution in [1.29, 1.82) is 0 Å². The molecule has 5 rings (SSSR count). The fraction of sp³-hybridized carbons (Fsp3) is 0.607. The standard InChI is InChI=1S/C28H35F3N6O3/c1-27(2)13-19(7-11-40-27)26(38)37-9-5-18(15-37)4-8-32-24-21-16-36(10-6-23(21)34-17-35-24)20-12-22(28(29,30)31)25(39-3)33-14-20/h8,12,14,17-19H,4-7,9-11,13,15-16H2,1-3H3. The number of rotatable bonds is 6. The van der Waals surface area contributed by atoms with Gasteiger partial charge in [0.1, 0.15) is 11.9 Å². The number of ether oxygens (including phenoxy) is 2. The third-order valence-electron chi connectivity index (χ3n) is 7.98. The second-order valence-electron chi connectivity index (χ2n) is 11.3. The summed E-state index contributed by atoms with van der Waals surface area (Å²) in [5.74, 6) is 0.622. The summed E-state index contributed by atoms with van der Waals surface area (Å²) in [5.41, 5.74) is 0.806. The first-order valence-corrected chi connectivity index (χ1v) is 13.7. The van der Waals surface area contributed by atoms with E-state index in [-0.39, 0.29) is 17.4 Å². The van der Waals surface area contributed by atoms with Crippen LogP contribution < -0.4 is 9.64 Å². The highest BCUT2D eigenvalue weighted by Gasteiger charge is 2.38. The van der Waals surface area contributed by atoms with Gasteiger partial charge in [0, 0.05) is 56.9 Å². The average molecular weight is 561 g/mol. The van der Waals surface area contributed by atoms with Crippen LogP contribution in [0.3, 0.4) is 0 Å². The molecule has 2 unspecified atom stereocenters. The lowest BCUT2D eigenvalue weighted by atomic mass is 9.87. The first kappa shape index (κ1) is 28.3. The van der Waals surface area contributed by atoms with Crippen LogP contribution in [-0.2, 0) is 28.7 Å². The second-order valence-corrected chi connectivity index (χ2v) is 11.3. The lowest BCUT2D eigenvalue weighted by Gasteiger charge is -2.36. The molecule has 0 bridgehead atoms. The number of amides is 1. The van der Waals surface area contributed by atoms with Crippen molar-refractivity contribution in [2.45, 2.75) is 64.3 Å². The minimum Gasteiger partial charge on any atom is -0.481 e. The number of hydrogen-bond acceptors (Lipinski definition) is 8. The molecule has 2 fully saturated rings. The molecular weight excluding hydrogens is 525 g/mol. The highest BCUT2D eigenvalue weighted by Crippen LogP contribution is 2.38. The minimum absolute atomic E-state index is 0.0137. The van der Waals surface area contributed by atoms with Gasteiger partial charge in [-0.15, -0.1) is 0 Å². The molecule has 2 atom stereocenters. The molecule has 0 saturated carbocycles. The molecule has 0 aliphatic carbocycles. The van der Waals surface area contributed by atoms with Crippen molar-refractivity contribution in [3.8, 4) is 5.88 Å². The van der Waals surface area contributed by atoms with Gasteiger partial charge in [0.15, 0.2) is 5.82 Å². The van der Waals surface area contributed by atoms with E-state index in [0.29, 0.717) is 56.5 Å². The molecule has 3 aliphatic heterocycles. The zero-order valence-corrected chi connectivity index (χ0v) is 23.1. The largest absolute Gasteiger partial charge is 0.481 e. The molecule has 0 spiro atoms. The van der Waals surface area contributed by atoms with Gasteiger partial charge in [-0.1, -0.05) is 0 Å². The van der Waals surface area contributed by atoms with E-state index < -0.39 is 17.6 Å². The van der Waals surface area contributed by atoms with Crippen LogP contribution in [0.4, 0.5) is 24.7 Å². The van der Waals surface area contributed by atoms with E-state index in [1.807, 2.05) is 29.9 Å². The number of aliphatic imine (C=N–C) groups is 1. The molecular formula is C28H35F3N6O3. The predicted molar refractivity (Wildman–Crippen MR) is 143 cm³/mol. The monoisotopic (exact) mass is 560 g/mol.